The fraction of sp³-hybridized carbons (Fsp3) is 0.292. The predicted octanol–water partition coefficient (Wildman–Crippen LogP) is 2.85. The van der Waals surface area contributed by atoms with Crippen molar-refractivity contribution in [3.8, 4) is 11.5 Å². The summed E-state index contributed by atoms with van der Waals surface area (Å²) < 4.78 is 16.9. The average Bonchev–Trinajstić information content (AvgIpc) is 3.34. The van der Waals surface area contributed by atoms with Crippen LogP contribution < -0.4 is 20.1 Å². The van der Waals surface area contributed by atoms with Crippen molar-refractivity contribution in [2.24, 2.45) is 0 Å². The molecule has 0 saturated carbocycles. The van der Waals surface area contributed by atoms with Gasteiger partial charge in [-0.2, -0.15) is 0 Å². The summed E-state index contributed by atoms with van der Waals surface area (Å²) in [5.41, 5.74) is -0.0566. The van der Waals surface area contributed by atoms with E-state index in [1.54, 1.807) is 32.0 Å². The van der Waals surface area contributed by atoms with Crippen molar-refractivity contribution >= 4 is 28.8 Å². The molecule has 9 nitrogen and oxygen atoms in total. The molecule has 0 spiro atoms. The van der Waals surface area contributed by atoms with Gasteiger partial charge in [-0.15, -0.1) is 0 Å². The number of nitrogens with zero attached hydrogens (tertiary/aromatic N) is 1. The zero-order valence-electron chi connectivity index (χ0n) is 18.2. The van der Waals surface area contributed by atoms with E-state index in [2.05, 4.69) is 10.6 Å². The third-order valence-electron chi connectivity index (χ3n) is 5.95. The standard InChI is InChI=1S/C24H23N3O6/c1-14(19-11-15-5-3-4-6-17(15)33-19)25-21(28)13-27-22(29)24(2,26-23(27)30)16-7-8-18-20(12-16)32-10-9-31-18/h3-8,11-12,14H,9-10,13H2,1-2H3,(H,25,28)(H,26,30)/t14-,24+/m1/s1. The summed E-state index contributed by atoms with van der Waals surface area (Å²) in [5.74, 6) is 0.690. The highest BCUT2D eigenvalue weighted by Crippen LogP contribution is 2.36. The first-order valence-corrected chi connectivity index (χ1v) is 10.7. The van der Waals surface area contributed by atoms with Crippen LogP contribution in [0.3, 0.4) is 0 Å². The summed E-state index contributed by atoms with van der Waals surface area (Å²) in [7, 11) is 0. The first kappa shape index (κ1) is 20.9. The lowest BCUT2D eigenvalue weighted by Crippen LogP contribution is -2.43. The van der Waals surface area contributed by atoms with E-state index >= 15 is 0 Å². The number of benzene rings is 2. The Balaban J connectivity index is 1.29. The topological polar surface area (TPSA) is 110 Å². The molecule has 2 atom stereocenters. The van der Waals surface area contributed by atoms with Gasteiger partial charge in [0.15, 0.2) is 11.5 Å². The van der Waals surface area contributed by atoms with Crippen LogP contribution in [0.4, 0.5) is 4.79 Å². The van der Waals surface area contributed by atoms with Crippen molar-refractivity contribution in [2.75, 3.05) is 19.8 Å². The number of hydrogen-bond acceptors (Lipinski definition) is 6. The Kier molecular flexibility index (Phi) is 4.96. The van der Waals surface area contributed by atoms with Gasteiger partial charge in [0.05, 0.1) is 6.04 Å². The van der Waals surface area contributed by atoms with Crippen molar-refractivity contribution in [3.63, 3.8) is 0 Å². The van der Waals surface area contributed by atoms with Crippen molar-refractivity contribution in [1.82, 2.24) is 15.5 Å². The number of carbonyl (C=O) groups is 3. The first-order valence-electron chi connectivity index (χ1n) is 10.7. The van der Waals surface area contributed by atoms with Gasteiger partial charge in [0.1, 0.15) is 36.6 Å². The molecule has 33 heavy (non-hydrogen) atoms. The lowest BCUT2D eigenvalue weighted by Gasteiger charge is -2.25. The molecule has 2 aliphatic heterocycles. The fourth-order valence-corrected chi connectivity index (χ4v) is 4.11. The van der Waals surface area contributed by atoms with Crippen LogP contribution in [0, 0.1) is 0 Å². The number of carbonyl (C=O) groups excluding carboxylic acids is 3. The number of ether oxygens (including phenoxy) is 2. The molecule has 0 bridgehead atoms. The van der Waals surface area contributed by atoms with E-state index in [1.165, 1.54) is 0 Å². The molecule has 4 amide bonds. The number of amides is 4. The number of furan rings is 1. The highest BCUT2D eigenvalue weighted by Gasteiger charge is 2.49. The molecule has 1 aromatic heterocycles. The van der Waals surface area contributed by atoms with Crippen LogP contribution in [-0.2, 0) is 15.1 Å². The first-order chi connectivity index (χ1) is 15.8. The van der Waals surface area contributed by atoms with Crippen LogP contribution in [-0.4, -0.2) is 42.5 Å². The zero-order valence-corrected chi connectivity index (χ0v) is 18.2. The van der Waals surface area contributed by atoms with E-state index in [9.17, 15) is 14.4 Å². The van der Waals surface area contributed by atoms with E-state index in [4.69, 9.17) is 13.9 Å². The third kappa shape index (κ3) is 3.65. The number of hydrogen-bond donors (Lipinski definition) is 2. The van der Waals surface area contributed by atoms with E-state index in [0.717, 1.165) is 15.9 Å². The smallest absolute Gasteiger partial charge is 0.325 e. The molecule has 9 heteroatoms. The number of nitrogens with one attached hydrogen (secondary N) is 2. The van der Waals surface area contributed by atoms with Crippen LogP contribution in [0.5, 0.6) is 11.5 Å². The molecule has 2 aromatic carbocycles. The third-order valence-corrected chi connectivity index (χ3v) is 5.95. The van der Waals surface area contributed by atoms with Gasteiger partial charge in [-0.05, 0) is 43.7 Å². The van der Waals surface area contributed by atoms with Gasteiger partial charge >= 0.3 is 6.03 Å². The Morgan fingerprint density at radius 1 is 1.12 bits per heavy atom. The molecule has 0 radical (unpaired) electrons. The summed E-state index contributed by atoms with van der Waals surface area (Å²) >= 11 is 0. The van der Waals surface area contributed by atoms with E-state index in [1.807, 2.05) is 30.3 Å². The molecule has 2 N–H and O–H groups in total. The molecule has 170 valence electrons. The van der Waals surface area contributed by atoms with Gasteiger partial charge < -0.3 is 24.5 Å². The molecule has 1 saturated heterocycles. The highest BCUT2D eigenvalue weighted by atomic mass is 16.6. The summed E-state index contributed by atoms with van der Waals surface area (Å²) in [4.78, 5) is 39.4. The minimum atomic E-state index is -1.32. The maximum absolute atomic E-state index is 13.2. The highest BCUT2D eigenvalue weighted by molar-refractivity contribution is 6.09. The van der Waals surface area contributed by atoms with Crippen molar-refractivity contribution in [2.45, 2.75) is 25.4 Å². The van der Waals surface area contributed by atoms with Crippen LogP contribution >= 0.6 is 0 Å². The SMILES string of the molecule is C[C@@H](NC(=O)CN1C(=O)N[C@@](C)(c2ccc3c(c2)OCCO3)C1=O)c1cc2ccccc2o1. The van der Waals surface area contributed by atoms with Crippen LogP contribution in [0.1, 0.15) is 31.2 Å². The number of fused-ring (bicyclic) bond motifs is 2. The zero-order chi connectivity index (χ0) is 23.2. The quantitative estimate of drug-likeness (QED) is 0.580. The molecular weight excluding hydrogens is 426 g/mol. The monoisotopic (exact) mass is 449 g/mol. The Morgan fingerprint density at radius 2 is 1.88 bits per heavy atom. The minimum absolute atomic E-state index is 0.406. The van der Waals surface area contributed by atoms with Gasteiger partial charge in [0.25, 0.3) is 5.91 Å². The molecule has 0 aliphatic carbocycles. The lowest BCUT2D eigenvalue weighted by atomic mass is 9.91. The van der Waals surface area contributed by atoms with Crippen LogP contribution in [0.15, 0.2) is 52.9 Å². The Morgan fingerprint density at radius 3 is 2.67 bits per heavy atom. The predicted molar refractivity (Wildman–Crippen MR) is 118 cm³/mol. The lowest BCUT2D eigenvalue weighted by molar-refractivity contribution is -0.135. The number of urea groups is 1. The summed E-state index contributed by atoms with van der Waals surface area (Å²) in [6.07, 6.45) is 0. The second-order valence-electron chi connectivity index (χ2n) is 8.28. The molecule has 2 aliphatic rings. The second kappa shape index (κ2) is 7.84. The summed E-state index contributed by atoms with van der Waals surface area (Å²) in [5, 5.41) is 6.42. The largest absolute Gasteiger partial charge is 0.486 e. The van der Waals surface area contributed by atoms with Gasteiger partial charge in [0.2, 0.25) is 5.91 Å². The Bertz CT molecular complexity index is 1240. The molecule has 3 heterocycles. The maximum Gasteiger partial charge on any atom is 0.325 e. The summed E-state index contributed by atoms with van der Waals surface area (Å²) in [6, 6.07) is 13.4. The van der Waals surface area contributed by atoms with Crippen molar-refractivity contribution in [1.29, 1.82) is 0 Å². The van der Waals surface area contributed by atoms with Crippen molar-refractivity contribution in [3.05, 3.63) is 59.9 Å². The molecule has 0 unspecified atom stereocenters. The molecule has 5 rings (SSSR count). The van der Waals surface area contributed by atoms with E-state index in [-0.39, 0.29) is 0 Å². The Hall–Kier alpha value is -4.01. The van der Waals surface area contributed by atoms with Gasteiger partial charge in [-0.3, -0.25) is 14.5 Å². The average molecular weight is 449 g/mol. The molecular formula is C24H23N3O6. The van der Waals surface area contributed by atoms with Gasteiger partial charge in [-0.1, -0.05) is 24.3 Å². The number of rotatable bonds is 5. The minimum Gasteiger partial charge on any atom is -0.486 e. The van der Waals surface area contributed by atoms with Crippen molar-refractivity contribution < 1.29 is 28.3 Å². The fourth-order valence-electron chi connectivity index (χ4n) is 4.11. The van der Waals surface area contributed by atoms with E-state index in [0.29, 0.717) is 36.0 Å². The molecule has 1 fully saturated rings. The van der Waals surface area contributed by atoms with E-state index < -0.39 is 36.0 Å². The van der Waals surface area contributed by atoms with Crippen LogP contribution in [0.2, 0.25) is 0 Å². The van der Waals surface area contributed by atoms with Gasteiger partial charge in [0, 0.05) is 5.39 Å². The van der Waals surface area contributed by atoms with Gasteiger partial charge in [-0.25, -0.2) is 4.79 Å². The number of para-hydroxylation sites is 1. The summed E-state index contributed by atoms with van der Waals surface area (Å²) in [6.45, 7) is 3.83. The second-order valence-corrected chi connectivity index (χ2v) is 8.28. The maximum atomic E-state index is 13.2. The van der Waals surface area contributed by atoms with Crippen LogP contribution in [0.25, 0.3) is 11.0 Å². The normalized spacial score (nSPS) is 20.6. The number of imide groups is 1. The molecule has 3 aromatic rings. The Labute approximate surface area is 189 Å².